The van der Waals surface area contributed by atoms with E-state index in [1.165, 1.54) is 0 Å². The van der Waals surface area contributed by atoms with Gasteiger partial charge in [-0.2, -0.15) is 0 Å². The highest BCUT2D eigenvalue weighted by molar-refractivity contribution is 9.10. The standard InChI is InChI=1S/C24H30Br2N2O3/c1-15-10-20(11-16(2)22(15)26)31-14-21(29)28(13-18-8-7-9-19(25)12-18)17(3)23(30)27-24(4,5)6/h7-12,17H,13-14H2,1-6H3,(H,27,30)/t17-/m1/s1. The molecule has 7 heteroatoms. The van der Waals surface area contributed by atoms with Crippen molar-refractivity contribution in [1.82, 2.24) is 10.2 Å². The molecular weight excluding hydrogens is 524 g/mol. The van der Waals surface area contributed by atoms with Crippen molar-refractivity contribution >= 4 is 43.7 Å². The van der Waals surface area contributed by atoms with Gasteiger partial charge in [0, 0.05) is 21.0 Å². The minimum Gasteiger partial charge on any atom is -0.484 e. The summed E-state index contributed by atoms with van der Waals surface area (Å²) in [5.74, 6) is 0.168. The van der Waals surface area contributed by atoms with Gasteiger partial charge in [0.15, 0.2) is 6.61 Å². The van der Waals surface area contributed by atoms with Gasteiger partial charge in [-0.15, -0.1) is 0 Å². The summed E-state index contributed by atoms with van der Waals surface area (Å²) in [5, 5.41) is 2.96. The lowest BCUT2D eigenvalue weighted by atomic mass is 10.1. The number of carbonyl (C=O) groups is 2. The number of carbonyl (C=O) groups excluding carboxylic acids is 2. The lowest BCUT2D eigenvalue weighted by Crippen LogP contribution is -2.53. The predicted molar refractivity (Wildman–Crippen MR) is 131 cm³/mol. The number of ether oxygens (including phenoxy) is 1. The van der Waals surface area contributed by atoms with E-state index in [1.807, 2.05) is 71.0 Å². The smallest absolute Gasteiger partial charge is 0.261 e. The fourth-order valence-electron chi connectivity index (χ4n) is 3.11. The van der Waals surface area contributed by atoms with Gasteiger partial charge >= 0.3 is 0 Å². The summed E-state index contributed by atoms with van der Waals surface area (Å²) >= 11 is 7.00. The van der Waals surface area contributed by atoms with Gasteiger partial charge in [-0.25, -0.2) is 0 Å². The molecule has 0 fully saturated rings. The molecule has 0 heterocycles. The molecule has 0 unspecified atom stereocenters. The van der Waals surface area contributed by atoms with Crippen molar-refractivity contribution in [2.24, 2.45) is 0 Å². The Labute approximate surface area is 201 Å². The molecule has 0 aliphatic rings. The van der Waals surface area contributed by atoms with E-state index in [-0.39, 0.29) is 18.4 Å². The van der Waals surface area contributed by atoms with Gasteiger partial charge in [-0.1, -0.05) is 44.0 Å². The summed E-state index contributed by atoms with van der Waals surface area (Å²) in [6.45, 7) is 11.6. The van der Waals surface area contributed by atoms with E-state index in [2.05, 4.69) is 37.2 Å². The number of benzene rings is 2. The Bertz CT molecular complexity index is 931. The van der Waals surface area contributed by atoms with Crippen LogP contribution in [0.1, 0.15) is 44.4 Å². The molecule has 1 N–H and O–H groups in total. The molecule has 2 aromatic carbocycles. The molecular formula is C24H30Br2N2O3. The van der Waals surface area contributed by atoms with Crippen LogP contribution in [0.4, 0.5) is 0 Å². The van der Waals surface area contributed by atoms with Gasteiger partial charge < -0.3 is 15.0 Å². The predicted octanol–water partition coefficient (Wildman–Crippen LogP) is 5.54. The highest BCUT2D eigenvalue weighted by atomic mass is 79.9. The average Bonchev–Trinajstić information content (AvgIpc) is 2.66. The average molecular weight is 554 g/mol. The van der Waals surface area contributed by atoms with E-state index in [0.29, 0.717) is 12.3 Å². The molecule has 0 saturated carbocycles. The Hall–Kier alpha value is -1.86. The Morgan fingerprint density at radius 2 is 1.71 bits per heavy atom. The highest BCUT2D eigenvalue weighted by Crippen LogP contribution is 2.26. The summed E-state index contributed by atoms with van der Waals surface area (Å²) in [6, 6.07) is 10.8. The third-order valence-electron chi connectivity index (χ3n) is 4.68. The molecule has 31 heavy (non-hydrogen) atoms. The van der Waals surface area contributed by atoms with Crippen molar-refractivity contribution < 1.29 is 14.3 Å². The van der Waals surface area contributed by atoms with Gasteiger partial charge in [0.2, 0.25) is 5.91 Å². The summed E-state index contributed by atoms with van der Waals surface area (Å²) in [4.78, 5) is 27.5. The Morgan fingerprint density at radius 3 is 2.26 bits per heavy atom. The molecule has 0 aliphatic heterocycles. The normalized spacial score (nSPS) is 12.3. The highest BCUT2D eigenvalue weighted by Gasteiger charge is 2.28. The number of rotatable bonds is 7. The van der Waals surface area contributed by atoms with Crippen LogP contribution in [0.15, 0.2) is 45.3 Å². The first-order valence-corrected chi connectivity index (χ1v) is 11.7. The van der Waals surface area contributed by atoms with Gasteiger partial charge in [0.1, 0.15) is 11.8 Å². The first kappa shape index (κ1) is 25.4. The quantitative estimate of drug-likeness (QED) is 0.489. The van der Waals surface area contributed by atoms with E-state index >= 15 is 0 Å². The first-order valence-electron chi connectivity index (χ1n) is 10.1. The zero-order valence-corrected chi connectivity index (χ0v) is 22.1. The number of hydrogen-bond donors (Lipinski definition) is 1. The molecule has 2 rings (SSSR count). The van der Waals surface area contributed by atoms with Crippen molar-refractivity contribution in [2.75, 3.05) is 6.61 Å². The molecule has 5 nitrogen and oxygen atoms in total. The van der Waals surface area contributed by atoms with Crippen LogP contribution in [-0.4, -0.2) is 34.9 Å². The van der Waals surface area contributed by atoms with Crippen LogP contribution >= 0.6 is 31.9 Å². The van der Waals surface area contributed by atoms with Crippen LogP contribution < -0.4 is 10.1 Å². The SMILES string of the molecule is Cc1cc(OCC(=O)N(Cc2cccc(Br)c2)[C@H](C)C(=O)NC(C)(C)C)cc(C)c1Br. The molecule has 0 radical (unpaired) electrons. The number of hydrogen-bond acceptors (Lipinski definition) is 3. The second-order valence-corrected chi connectivity index (χ2v) is 10.4. The van der Waals surface area contributed by atoms with Crippen molar-refractivity contribution in [2.45, 2.75) is 59.7 Å². The van der Waals surface area contributed by atoms with Crippen LogP contribution in [0, 0.1) is 13.8 Å². The summed E-state index contributed by atoms with van der Waals surface area (Å²) < 4.78 is 7.75. The monoisotopic (exact) mass is 552 g/mol. The zero-order valence-electron chi connectivity index (χ0n) is 18.9. The molecule has 168 valence electrons. The maximum Gasteiger partial charge on any atom is 0.261 e. The van der Waals surface area contributed by atoms with Crippen LogP contribution in [0.25, 0.3) is 0 Å². The van der Waals surface area contributed by atoms with Gasteiger partial charge in [0.05, 0.1) is 0 Å². The summed E-state index contributed by atoms with van der Waals surface area (Å²) in [6.07, 6.45) is 0. The third-order valence-corrected chi connectivity index (χ3v) is 6.42. The van der Waals surface area contributed by atoms with Crippen LogP contribution in [0.5, 0.6) is 5.75 Å². The lowest BCUT2D eigenvalue weighted by Gasteiger charge is -2.31. The topological polar surface area (TPSA) is 58.6 Å². The Kier molecular flexibility index (Phi) is 8.72. The van der Waals surface area contributed by atoms with E-state index < -0.39 is 11.6 Å². The number of nitrogens with zero attached hydrogens (tertiary/aromatic N) is 1. The third kappa shape index (κ3) is 7.65. The number of nitrogens with one attached hydrogen (secondary N) is 1. The molecule has 1 atom stereocenters. The maximum absolute atomic E-state index is 13.2. The van der Waals surface area contributed by atoms with Crippen LogP contribution in [0.3, 0.4) is 0 Å². The van der Waals surface area contributed by atoms with Crippen molar-refractivity contribution in [3.05, 3.63) is 62.0 Å². The van der Waals surface area contributed by atoms with E-state index in [4.69, 9.17) is 4.74 Å². The molecule has 0 spiro atoms. The van der Waals surface area contributed by atoms with E-state index in [9.17, 15) is 9.59 Å². The molecule has 0 aromatic heterocycles. The Morgan fingerprint density at radius 1 is 1.10 bits per heavy atom. The zero-order chi connectivity index (χ0) is 23.3. The second kappa shape index (κ2) is 10.6. The minimum absolute atomic E-state index is 0.151. The summed E-state index contributed by atoms with van der Waals surface area (Å²) in [7, 11) is 0. The van der Waals surface area contributed by atoms with E-state index in [1.54, 1.807) is 11.8 Å². The molecule has 0 saturated heterocycles. The minimum atomic E-state index is -0.650. The molecule has 2 amide bonds. The van der Waals surface area contributed by atoms with Gasteiger partial charge in [-0.3, -0.25) is 9.59 Å². The summed E-state index contributed by atoms with van der Waals surface area (Å²) in [5.41, 5.74) is 2.60. The molecule has 0 bridgehead atoms. The van der Waals surface area contributed by atoms with Crippen LogP contribution in [-0.2, 0) is 16.1 Å². The number of amides is 2. The fourth-order valence-corrected chi connectivity index (χ4v) is 3.78. The Balaban J connectivity index is 2.21. The number of aryl methyl sites for hydroxylation is 2. The van der Waals surface area contributed by atoms with E-state index in [0.717, 1.165) is 25.6 Å². The van der Waals surface area contributed by atoms with Crippen molar-refractivity contribution in [3.8, 4) is 5.75 Å². The van der Waals surface area contributed by atoms with Gasteiger partial charge in [0.25, 0.3) is 5.91 Å². The fraction of sp³-hybridized carbons (Fsp3) is 0.417. The van der Waals surface area contributed by atoms with Gasteiger partial charge in [-0.05, 0) is 82.5 Å². The number of halogens is 2. The lowest BCUT2D eigenvalue weighted by molar-refractivity contribution is -0.142. The molecule has 0 aliphatic carbocycles. The second-order valence-electron chi connectivity index (χ2n) is 8.73. The van der Waals surface area contributed by atoms with Crippen LogP contribution in [0.2, 0.25) is 0 Å². The van der Waals surface area contributed by atoms with Crippen molar-refractivity contribution in [1.29, 1.82) is 0 Å². The maximum atomic E-state index is 13.2. The first-order chi connectivity index (χ1) is 14.4. The largest absolute Gasteiger partial charge is 0.484 e. The molecule has 2 aromatic rings. The van der Waals surface area contributed by atoms with Crippen molar-refractivity contribution in [3.63, 3.8) is 0 Å².